The minimum absolute atomic E-state index is 0.126. The van der Waals surface area contributed by atoms with Crippen molar-refractivity contribution in [2.24, 2.45) is 0 Å². The van der Waals surface area contributed by atoms with Crippen LogP contribution in [-0.2, 0) is 13.1 Å². The normalized spacial score (nSPS) is 19.0. The lowest BCUT2D eigenvalue weighted by Gasteiger charge is -2.29. The second kappa shape index (κ2) is 8.16. The monoisotopic (exact) mass is 419 g/mol. The predicted molar refractivity (Wildman–Crippen MR) is 121 cm³/mol. The topological polar surface area (TPSA) is 61.4 Å². The van der Waals surface area contributed by atoms with Gasteiger partial charge in [-0.15, -0.1) is 11.3 Å². The highest BCUT2D eigenvalue weighted by Crippen LogP contribution is 2.32. The Morgan fingerprint density at radius 2 is 2.10 bits per heavy atom. The summed E-state index contributed by atoms with van der Waals surface area (Å²) in [5.41, 5.74) is 4.31. The van der Waals surface area contributed by atoms with E-state index in [9.17, 15) is 4.79 Å². The van der Waals surface area contributed by atoms with Crippen LogP contribution < -0.4 is 10.2 Å². The number of rotatable bonds is 5. The van der Waals surface area contributed by atoms with Gasteiger partial charge in [0.1, 0.15) is 10.8 Å². The number of hydrogen-bond acceptors (Lipinski definition) is 5. The number of aromatic nitrogens is 2. The predicted octanol–water partition coefficient (Wildman–Crippen LogP) is 5.13. The van der Waals surface area contributed by atoms with Crippen molar-refractivity contribution in [2.45, 2.75) is 45.3 Å². The second-order valence-electron chi connectivity index (χ2n) is 7.93. The molecule has 2 amide bonds. The highest BCUT2D eigenvalue weighted by atomic mass is 32.1. The van der Waals surface area contributed by atoms with Gasteiger partial charge < -0.3 is 5.32 Å². The Labute approximate surface area is 180 Å². The molecule has 2 aliphatic heterocycles. The van der Waals surface area contributed by atoms with E-state index in [0.717, 1.165) is 28.4 Å². The molecule has 1 saturated heterocycles. The molecule has 7 heteroatoms. The van der Waals surface area contributed by atoms with Crippen LogP contribution in [0.4, 0.5) is 16.3 Å². The summed E-state index contributed by atoms with van der Waals surface area (Å²) >= 11 is 1.54. The molecule has 3 aromatic rings. The van der Waals surface area contributed by atoms with Crippen LogP contribution in [-0.4, -0.2) is 33.5 Å². The van der Waals surface area contributed by atoms with E-state index in [1.165, 1.54) is 42.7 Å². The molecule has 5 rings (SSSR count). The zero-order valence-electron chi connectivity index (χ0n) is 17.0. The van der Waals surface area contributed by atoms with Crippen molar-refractivity contribution in [3.63, 3.8) is 0 Å². The molecule has 1 atom stereocenters. The fourth-order valence-corrected chi connectivity index (χ4v) is 5.22. The highest BCUT2D eigenvalue weighted by molar-refractivity contribution is 7.13. The first kappa shape index (κ1) is 19.2. The van der Waals surface area contributed by atoms with Crippen LogP contribution in [0.2, 0.25) is 0 Å². The van der Waals surface area contributed by atoms with Crippen LogP contribution in [0.15, 0.2) is 48.1 Å². The van der Waals surface area contributed by atoms with Gasteiger partial charge in [0.25, 0.3) is 0 Å². The van der Waals surface area contributed by atoms with E-state index >= 15 is 0 Å². The smallest absolute Gasteiger partial charge is 0.307 e. The van der Waals surface area contributed by atoms with Crippen LogP contribution in [0, 0.1) is 0 Å². The van der Waals surface area contributed by atoms with Crippen molar-refractivity contribution in [3.05, 3.63) is 59.2 Å². The lowest BCUT2D eigenvalue weighted by Crippen LogP contribution is -2.39. The van der Waals surface area contributed by atoms with Gasteiger partial charge in [-0.3, -0.25) is 14.8 Å². The first-order valence-corrected chi connectivity index (χ1v) is 11.4. The maximum absolute atomic E-state index is 12.8. The Morgan fingerprint density at radius 1 is 1.23 bits per heavy atom. The average Bonchev–Trinajstić information content (AvgIpc) is 3.43. The van der Waals surface area contributed by atoms with E-state index in [0.29, 0.717) is 18.4 Å². The Bertz CT molecular complexity index is 1050. The molecule has 0 unspecified atom stereocenters. The Hall–Kier alpha value is -2.77. The van der Waals surface area contributed by atoms with Crippen LogP contribution in [0.3, 0.4) is 0 Å². The van der Waals surface area contributed by atoms with Gasteiger partial charge >= 0.3 is 6.03 Å². The minimum Gasteiger partial charge on any atom is -0.307 e. The number of likely N-dealkylation sites (tertiary alicyclic amines) is 1. The molecule has 2 aliphatic rings. The first-order chi connectivity index (χ1) is 14.7. The van der Waals surface area contributed by atoms with E-state index < -0.39 is 0 Å². The largest absolute Gasteiger partial charge is 0.327 e. The third-order valence-electron chi connectivity index (χ3n) is 6.04. The molecule has 2 aromatic heterocycles. The summed E-state index contributed by atoms with van der Waals surface area (Å²) in [4.78, 5) is 25.8. The number of thiazole rings is 1. The fraction of sp³-hybridized carbons (Fsp3) is 0.348. The minimum atomic E-state index is -0.126. The molecule has 1 N–H and O–H groups in total. The van der Waals surface area contributed by atoms with Gasteiger partial charge in [0.15, 0.2) is 0 Å². The number of carbonyl (C=O) groups is 1. The SMILES string of the molecule is CC[C@@H]1CCCN1Cc1ccc2c(c1)NC(=O)N(c1csc(-c3ccncc3)n1)C2. The van der Waals surface area contributed by atoms with Crippen LogP contribution in [0.25, 0.3) is 10.6 Å². The van der Waals surface area contributed by atoms with Crippen molar-refractivity contribution in [1.29, 1.82) is 0 Å². The maximum Gasteiger partial charge on any atom is 0.327 e. The number of amides is 2. The lowest BCUT2D eigenvalue weighted by molar-refractivity contribution is 0.240. The average molecular weight is 420 g/mol. The van der Waals surface area contributed by atoms with Gasteiger partial charge in [-0.2, -0.15) is 0 Å². The molecular weight excluding hydrogens is 394 g/mol. The molecule has 4 heterocycles. The summed E-state index contributed by atoms with van der Waals surface area (Å²) < 4.78 is 0. The quantitative estimate of drug-likeness (QED) is 0.623. The summed E-state index contributed by atoms with van der Waals surface area (Å²) in [6, 6.07) is 10.9. The molecule has 0 spiro atoms. The number of benzene rings is 1. The highest BCUT2D eigenvalue weighted by Gasteiger charge is 2.27. The molecule has 0 radical (unpaired) electrons. The fourth-order valence-electron chi connectivity index (χ4n) is 4.40. The Morgan fingerprint density at radius 3 is 2.93 bits per heavy atom. The molecule has 0 bridgehead atoms. The number of nitrogens with one attached hydrogen (secondary N) is 1. The lowest BCUT2D eigenvalue weighted by atomic mass is 10.1. The van der Waals surface area contributed by atoms with Crippen LogP contribution in [0.5, 0.6) is 0 Å². The number of pyridine rings is 1. The van der Waals surface area contributed by atoms with E-state index in [1.807, 2.05) is 17.5 Å². The van der Waals surface area contributed by atoms with Crippen molar-refractivity contribution in [1.82, 2.24) is 14.9 Å². The number of urea groups is 1. The molecule has 0 saturated carbocycles. The van der Waals surface area contributed by atoms with Crippen molar-refractivity contribution >= 4 is 28.9 Å². The second-order valence-corrected chi connectivity index (χ2v) is 8.79. The Kier molecular flexibility index (Phi) is 5.23. The molecular formula is C23H25N5OS. The number of carbonyl (C=O) groups excluding carboxylic acids is 1. The van der Waals surface area contributed by atoms with Gasteiger partial charge in [0, 0.05) is 41.6 Å². The third kappa shape index (κ3) is 3.70. The van der Waals surface area contributed by atoms with Gasteiger partial charge in [-0.05, 0) is 55.1 Å². The number of fused-ring (bicyclic) bond motifs is 1. The molecule has 1 fully saturated rings. The zero-order valence-corrected chi connectivity index (χ0v) is 17.9. The van der Waals surface area contributed by atoms with Gasteiger partial charge in [-0.25, -0.2) is 9.78 Å². The van der Waals surface area contributed by atoms with Gasteiger partial charge in [0.05, 0.1) is 6.54 Å². The van der Waals surface area contributed by atoms with E-state index in [-0.39, 0.29) is 6.03 Å². The van der Waals surface area contributed by atoms with Gasteiger partial charge in [0.2, 0.25) is 0 Å². The molecule has 1 aromatic carbocycles. The molecule has 30 heavy (non-hydrogen) atoms. The summed E-state index contributed by atoms with van der Waals surface area (Å²) in [6.45, 7) is 4.91. The van der Waals surface area contributed by atoms with Crippen molar-refractivity contribution in [3.8, 4) is 10.6 Å². The molecule has 154 valence electrons. The Balaban J connectivity index is 1.33. The number of anilines is 2. The van der Waals surface area contributed by atoms with Crippen molar-refractivity contribution < 1.29 is 4.79 Å². The summed E-state index contributed by atoms with van der Waals surface area (Å²) in [7, 11) is 0. The zero-order chi connectivity index (χ0) is 20.5. The number of nitrogens with zero attached hydrogens (tertiary/aromatic N) is 4. The third-order valence-corrected chi connectivity index (χ3v) is 6.92. The molecule has 6 nitrogen and oxygen atoms in total. The van der Waals surface area contributed by atoms with Crippen LogP contribution >= 0.6 is 11.3 Å². The van der Waals surface area contributed by atoms with Gasteiger partial charge in [-0.1, -0.05) is 19.1 Å². The first-order valence-electron chi connectivity index (χ1n) is 10.5. The molecule has 0 aliphatic carbocycles. The number of hydrogen-bond donors (Lipinski definition) is 1. The maximum atomic E-state index is 12.8. The van der Waals surface area contributed by atoms with E-state index in [2.05, 4.69) is 45.3 Å². The van der Waals surface area contributed by atoms with E-state index in [4.69, 9.17) is 0 Å². The van der Waals surface area contributed by atoms with Crippen LogP contribution in [0.1, 0.15) is 37.3 Å². The standard InChI is InChI=1S/C23H25N5OS/c1-2-19-4-3-11-27(19)13-16-5-6-18-14-28(23(29)25-20(18)12-16)21-15-30-22(26-21)17-7-9-24-10-8-17/h5-10,12,15,19H,2-4,11,13-14H2,1H3,(H,25,29)/t19-/m1/s1. The summed E-state index contributed by atoms with van der Waals surface area (Å²) in [5, 5.41) is 5.90. The van der Waals surface area contributed by atoms with Crippen molar-refractivity contribution in [2.75, 3.05) is 16.8 Å². The summed E-state index contributed by atoms with van der Waals surface area (Å²) in [5.74, 6) is 0.682. The van der Waals surface area contributed by atoms with E-state index in [1.54, 1.807) is 17.3 Å². The summed E-state index contributed by atoms with van der Waals surface area (Å²) in [6.07, 6.45) is 7.28.